The number of rotatable bonds is 5. The summed E-state index contributed by atoms with van der Waals surface area (Å²) in [5.41, 5.74) is 14.1. The predicted octanol–water partition coefficient (Wildman–Crippen LogP) is 1.83. The van der Waals surface area contributed by atoms with Crippen molar-refractivity contribution in [2.45, 2.75) is 12.5 Å². The van der Waals surface area contributed by atoms with E-state index < -0.39 is 6.04 Å². The maximum Gasteiger partial charge on any atom is 0.245 e. The Hall–Kier alpha value is -2.17. The van der Waals surface area contributed by atoms with Crippen molar-refractivity contribution in [2.24, 2.45) is 11.5 Å². The van der Waals surface area contributed by atoms with Crippen LogP contribution in [0, 0.1) is 0 Å². The molecular weight excluding hydrogens is 250 g/mol. The minimum atomic E-state index is -0.667. The molecule has 4 nitrogen and oxygen atoms in total. The van der Waals surface area contributed by atoms with Gasteiger partial charge < -0.3 is 16.8 Å². The Kier molecular flexibility index (Phi) is 4.87. The number of nitrogens with one attached hydrogen (secondary N) is 1. The van der Waals surface area contributed by atoms with Gasteiger partial charge in [-0.25, -0.2) is 0 Å². The molecule has 5 N–H and O–H groups in total. The molecule has 0 spiro atoms. The molecule has 20 heavy (non-hydrogen) atoms. The van der Waals surface area contributed by atoms with E-state index in [1.54, 1.807) is 0 Å². The van der Waals surface area contributed by atoms with Gasteiger partial charge in [0.25, 0.3) is 0 Å². The molecule has 0 aromatic heterocycles. The maximum atomic E-state index is 12.1. The first-order chi connectivity index (χ1) is 9.70. The van der Waals surface area contributed by atoms with Crippen molar-refractivity contribution in [1.82, 2.24) is 0 Å². The molecule has 0 radical (unpaired) electrons. The molecule has 0 saturated heterocycles. The number of nitrogens with two attached hydrogens (primary N) is 2. The molecule has 4 heteroatoms. The topological polar surface area (TPSA) is 81.1 Å². The van der Waals surface area contributed by atoms with E-state index in [0.29, 0.717) is 6.54 Å². The number of carbonyl (C=O) groups is 1. The summed E-state index contributed by atoms with van der Waals surface area (Å²) in [6.45, 7) is 0.616. The van der Waals surface area contributed by atoms with Crippen LogP contribution in [0.15, 0.2) is 54.6 Å². The molecule has 0 heterocycles. The van der Waals surface area contributed by atoms with Gasteiger partial charge in [-0.2, -0.15) is 0 Å². The van der Waals surface area contributed by atoms with Gasteiger partial charge in [0.15, 0.2) is 0 Å². The number of hydrogen-bond acceptors (Lipinski definition) is 3. The molecule has 1 atom stereocenters. The normalized spacial score (nSPS) is 11.9. The highest BCUT2D eigenvalue weighted by Gasteiger charge is 2.15. The van der Waals surface area contributed by atoms with Gasteiger partial charge in [-0.1, -0.05) is 42.5 Å². The van der Waals surface area contributed by atoms with E-state index in [1.165, 1.54) is 0 Å². The van der Waals surface area contributed by atoms with E-state index in [-0.39, 0.29) is 5.91 Å². The van der Waals surface area contributed by atoms with E-state index in [0.717, 1.165) is 23.2 Å². The molecule has 2 rings (SSSR count). The lowest BCUT2D eigenvalue weighted by atomic mass is 10.1. The second-order valence-corrected chi connectivity index (χ2v) is 4.61. The van der Waals surface area contributed by atoms with Crippen LogP contribution in [-0.4, -0.2) is 12.5 Å². The van der Waals surface area contributed by atoms with Gasteiger partial charge in [-0.05, 0) is 36.2 Å². The highest BCUT2D eigenvalue weighted by molar-refractivity contribution is 5.95. The van der Waals surface area contributed by atoms with E-state index in [9.17, 15) is 4.79 Å². The Balaban J connectivity index is 2.00. The fourth-order valence-electron chi connectivity index (χ4n) is 1.95. The van der Waals surface area contributed by atoms with Gasteiger partial charge in [-0.3, -0.25) is 4.79 Å². The molecule has 2 aromatic rings. The van der Waals surface area contributed by atoms with Crippen LogP contribution < -0.4 is 16.8 Å². The first-order valence-electron chi connectivity index (χ1n) is 6.61. The van der Waals surface area contributed by atoms with Crippen LogP contribution in [0.4, 0.5) is 5.69 Å². The molecule has 0 aliphatic carbocycles. The summed E-state index contributed by atoms with van der Waals surface area (Å²) in [6, 6.07) is 16.3. The van der Waals surface area contributed by atoms with Crippen molar-refractivity contribution in [2.75, 3.05) is 11.9 Å². The summed E-state index contributed by atoms with van der Waals surface area (Å²) >= 11 is 0. The summed E-state index contributed by atoms with van der Waals surface area (Å²) in [5.74, 6) is -0.220. The van der Waals surface area contributed by atoms with E-state index in [4.69, 9.17) is 11.5 Å². The smallest absolute Gasteiger partial charge is 0.245 e. The fraction of sp³-hybridized carbons (Fsp3) is 0.188. The number of benzene rings is 2. The van der Waals surface area contributed by atoms with Crippen molar-refractivity contribution >= 4 is 11.6 Å². The monoisotopic (exact) mass is 269 g/mol. The molecule has 0 aliphatic rings. The van der Waals surface area contributed by atoms with Gasteiger partial charge in [0.1, 0.15) is 6.04 Å². The van der Waals surface area contributed by atoms with Gasteiger partial charge >= 0.3 is 0 Å². The van der Waals surface area contributed by atoms with Crippen molar-refractivity contribution in [3.05, 3.63) is 65.7 Å². The molecule has 0 fully saturated rings. The maximum absolute atomic E-state index is 12.1. The zero-order chi connectivity index (χ0) is 14.4. The first kappa shape index (κ1) is 14.2. The molecule has 0 bridgehead atoms. The number of carbonyl (C=O) groups excluding carboxylic acids is 1. The molecule has 104 valence electrons. The third-order valence-corrected chi connectivity index (χ3v) is 3.10. The lowest BCUT2D eigenvalue weighted by Crippen LogP contribution is -2.27. The third kappa shape index (κ3) is 3.66. The second-order valence-electron chi connectivity index (χ2n) is 4.61. The Labute approximate surface area is 118 Å². The standard InChI is InChI=1S/C16H19N3O/c17-11-10-12-6-8-14(9-7-12)19-16(20)15(18)13-4-2-1-3-5-13/h1-9,15H,10-11,17-18H2,(H,19,20)/t15-/m0/s1. The Morgan fingerprint density at radius 3 is 2.30 bits per heavy atom. The average Bonchev–Trinajstić information content (AvgIpc) is 2.49. The van der Waals surface area contributed by atoms with Gasteiger partial charge in [-0.15, -0.1) is 0 Å². The highest BCUT2D eigenvalue weighted by atomic mass is 16.2. The number of amides is 1. The number of hydrogen-bond donors (Lipinski definition) is 3. The molecule has 0 unspecified atom stereocenters. The largest absolute Gasteiger partial charge is 0.330 e. The minimum Gasteiger partial charge on any atom is -0.330 e. The molecule has 0 aliphatic heterocycles. The predicted molar refractivity (Wildman–Crippen MR) is 81.2 cm³/mol. The second kappa shape index (κ2) is 6.84. The summed E-state index contributed by atoms with van der Waals surface area (Å²) in [4.78, 5) is 12.1. The summed E-state index contributed by atoms with van der Waals surface area (Å²) < 4.78 is 0. The Morgan fingerprint density at radius 2 is 1.70 bits per heavy atom. The lowest BCUT2D eigenvalue weighted by molar-refractivity contribution is -0.117. The minimum absolute atomic E-state index is 0.220. The zero-order valence-corrected chi connectivity index (χ0v) is 11.3. The molecule has 1 amide bonds. The molecule has 2 aromatic carbocycles. The Morgan fingerprint density at radius 1 is 1.05 bits per heavy atom. The average molecular weight is 269 g/mol. The van der Waals surface area contributed by atoms with Crippen molar-refractivity contribution in [3.8, 4) is 0 Å². The van der Waals surface area contributed by atoms with E-state index in [1.807, 2.05) is 54.6 Å². The Bertz CT molecular complexity index is 552. The van der Waals surface area contributed by atoms with Crippen molar-refractivity contribution < 1.29 is 4.79 Å². The van der Waals surface area contributed by atoms with Gasteiger partial charge in [0.2, 0.25) is 5.91 Å². The van der Waals surface area contributed by atoms with Crippen LogP contribution in [0.25, 0.3) is 0 Å². The quantitative estimate of drug-likeness (QED) is 0.774. The van der Waals surface area contributed by atoms with Crippen LogP contribution >= 0.6 is 0 Å². The van der Waals surface area contributed by atoms with Crippen molar-refractivity contribution in [1.29, 1.82) is 0 Å². The molecule has 0 saturated carbocycles. The third-order valence-electron chi connectivity index (χ3n) is 3.10. The molecular formula is C16H19N3O. The fourth-order valence-corrected chi connectivity index (χ4v) is 1.95. The summed E-state index contributed by atoms with van der Waals surface area (Å²) in [5, 5.41) is 2.81. The van der Waals surface area contributed by atoms with Crippen LogP contribution in [0.2, 0.25) is 0 Å². The zero-order valence-electron chi connectivity index (χ0n) is 11.3. The van der Waals surface area contributed by atoms with Gasteiger partial charge in [0, 0.05) is 5.69 Å². The van der Waals surface area contributed by atoms with Gasteiger partial charge in [0.05, 0.1) is 0 Å². The van der Waals surface area contributed by atoms with Crippen LogP contribution in [0.3, 0.4) is 0 Å². The van der Waals surface area contributed by atoms with E-state index >= 15 is 0 Å². The lowest BCUT2D eigenvalue weighted by Gasteiger charge is -2.12. The summed E-state index contributed by atoms with van der Waals surface area (Å²) in [7, 11) is 0. The number of anilines is 1. The van der Waals surface area contributed by atoms with E-state index in [2.05, 4.69) is 5.32 Å². The summed E-state index contributed by atoms with van der Waals surface area (Å²) in [6.07, 6.45) is 0.831. The van der Waals surface area contributed by atoms with Crippen LogP contribution in [0.5, 0.6) is 0 Å². The van der Waals surface area contributed by atoms with Crippen LogP contribution in [-0.2, 0) is 11.2 Å². The SMILES string of the molecule is NCCc1ccc(NC(=O)[C@@H](N)c2ccccc2)cc1. The van der Waals surface area contributed by atoms with Crippen LogP contribution in [0.1, 0.15) is 17.2 Å². The highest BCUT2D eigenvalue weighted by Crippen LogP contribution is 2.14. The first-order valence-corrected chi connectivity index (χ1v) is 6.61. The van der Waals surface area contributed by atoms with Crippen molar-refractivity contribution in [3.63, 3.8) is 0 Å².